The number of benzene rings is 1. The molecule has 1 aromatic carbocycles. The van der Waals surface area contributed by atoms with Gasteiger partial charge in [-0.3, -0.25) is 9.78 Å². The Morgan fingerprint density at radius 1 is 1.14 bits per heavy atom. The standard InChI is InChI=1S/C14H15N3O3S/c18-13(19)5-10-3-1-2-4-11(10)6-16-14(20)17-8-12-7-15-9-21-12/h1-4,7,9H,5-6,8H2,(H,18,19)(H2,16,17,20). The molecule has 0 bridgehead atoms. The number of thiazole rings is 1. The van der Waals surface area contributed by atoms with Crippen LogP contribution in [-0.4, -0.2) is 22.1 Å². The minimum absolute atomic E-state index is 0.0552. The quantitative estimate of drug-likeness (QED) is 0.758. The van der Waals surface area contributed by atoms with E-state index in [1.54, 1.807) is 23.8 Å². The predicted octanol–water partition coefficient (Wildman–Crippen LogP) is 1.77. The first-order chi connectivity index (χ1) is 10.1. The zero-order chi connectivity index (χ0) is 15.1. The number of hydrogen-bond donors (Lipinski definition) is 3. The zero-order valence-corrected chi connectivity index (χ0v) is 12.0. The molecule has 0 aliphatic heterocycles. The number of amides is 2. The summed E-state index contributed by atoms with van der Waals surface area (Å²) < 4.78 is 0. The van der Waals surface area contributed by atoms with Crippen LogP contribution >= 0.6 is 11.3 Å². The molecule has 1 aromatic heterocycles. The lowest BCUT2D eigenvalue weighted by Gasteiger charge is -2.10. The largest absolute Gasteiger partial charge is 0.481 e. The zero-order valence-electron chi connectivity index (χ0n) is 11.2. The van der Waals surface area contributed by atoms with Crippen molar-refractivity contribution in [2.45, 2.75) is 19.5 Å². The van der Waals surface area contributed by atoms with Crippen molar-refractivity contribution < 1.29 is 14.7 Å². The molecule has 0 aliphatic carbocycles. The van der Waals surface area contributed by atoms with Gasteiger partial charge in [-0.15, -0.1) is 11.3 Å². The van der Waals surface area contributed by atoms with Crippen LogP contribution in [0.3, 0.4) is 0 Å². The highest BCUT2D eigenvalue weighted by Gasteiger charge is 2.07. The highest BCUT2D eigenvalue weighted by molar-refractivity contribution is 7.09. The molecule has 0 fully saturated rings. The molecule has 1 heterocycles. The summed E-state index contributed by atoms with van der Waals surface area (Å²) in [5.74, 6) is -0.892. The van der Waals surface area contributed by atoms with Gasteiger partial charge in [0.2, 0.25) is 0 Å². The summed E-state index contributed by atoms with van der Waals surface area (Å²) in [5.41, 5.74) is 3.21. The number of aromatic nitrogens is 1. The maximum atomic E-state index is 11.7. The Hall–Kier alpha value is -2.41. The summed E-state index contributed by atoms with van der Waals surface area (Å²) in [4.78, 5) is 27.4. The van der Waals surface area contributed by atoms with Crippen LogP contribution in [0.5, 0.6) is 0 Å². The smallest absolute Gasteiger partial charge is 0.315 e. The monoisotopic (exact) mass is 305 g/mol. The average Bonchev–Trinajstić information content (AvgIpc) is 2.97. The third kappa shape index (κ3) is 4.88. The van der Waals surface area contributed by atoms with Gasteiger partial charge in [-0.2, -0.15) is 0 Å². The van der Waals surface area contributed by atoms with Crippen molar-refractivity contribution in [3.63, 3.8) is 0 Å². The molecule has 6 nitrogen and oxygen atoms in total. The topological polar surface area (TPSA) is 91.3 Å². The normalized spacial score (nSPS) is 10.1. The van der Waals surface area contributed by atoms with E-state index in [-0.39, 0.29) is 19.0 Å². The number of rotatable bonds is 6. The first-order valence-electron chi connectivity index (χ1n) is 6.33. The van der Waals surface area contributed by atoms with Gasteiger partial charge in [-0.1, -0.05) is 24.3 Å². The molecule has 21 heavy (non-hydrogen) atoms. The number of carbonyl (C=O) groups excluding carboxylic acids is 1. The van der Waals surface area contributed by atoms with E-state index in [1.807, 2.05) is 12.1 Å². The molecule has 0 saturated carbocycles. The maximum Gasteiger partial charge on any atom is 0.315 e. The Kier molecular flexibility index (Phi) is 5.28. The molecule has 0 atom stereocenters. The van der Waals surface area contributed by atoms with E-state index in [0.717, 1.165) is 10.4 Å². The predicted molar refractivity (Wildman–Crippen MR) is 79.0 cm³/mol. The van der Waals surface area contributed by atoms with Gasteiger partial charge in [0, 0.05) is 17.6 Å². The van der Waals surface area contributed by atoms with Gasteiger partial charge >= 0.3 is 12.0 Å². The van der Waals surface area contributed by atoms with Crippen LogP contribution in [0.25, 0.3) is 0 Å². The summed E-state index contributed by atoms with van der Waals surface area (Å²) in [5, 5.41) is 14.3. The number of nitrogens with one attached hydrogen (secondary N) is 2. The van der Waals surface area contributed by atoms with Crippen LogP contribution in [0.4, 0.5) is 4.79 Å². The van der Waals surface area contributed by atoms with Crippen LogP contribution in [0.2, 0.25) is 0 Å². The third-order valence-corrected chi connectivity index (χ3v) is 3.59. The molecule has 110 valence electrons. The Morgan fingerprint density at radius 3 is 2.52 bits per heavy atom. The van der Waals surface area contributed by atoms with E-state index in [1.165, 1.54) is 11.3 Å². The van der Waals surface area contributed by atoms with Crippen molar-refractivity contribution >= 4 is 23.3 Å². The molecule has 3 N–H and O–H groups in total. The van der Waals surface area contributed by atoms with E-state index in [2.05, 4.69) is 15.6 Å². The molecular formula is C14H15N3O3S. The van der Waals surface area contributed by atoms with E-state index < -0.39 is 5.97 Å². The van der Waals surface area contributed by atoms with Crippen molar-refractivity contribution in [1.29, 1.82) is 0 Å². The number of carbonyl (C=O) groups is 2. The van der Waals surface area contributed by atoms with Crippen LogP contribution in [0, 0.1) is 0 Å². The van der Waals surface area contributed by atoms with Gasteiger partial charge < -0.3 is 15.7 Å². The third-order valence-electron chi connectivity index (χ3n) is 2.81. The number of carboxylic acids is 1. The van der Waals surface area contributed by atoms with Crippen molar-refractivity contribution in [2.75, 3.05) is 0 Å². The molecule has 0 spiro atoms. The number of urea groups is 1. The first-order valence-corrected chi connectivity index (χ1v) is 7.21. The molecule has 2 aromatic rings. The van der Waals surface area contributed by atoms with Crippen molar-refractivity contribution in [2.24, 2.45) is 0 Å². The van der Waals surface area contributed by atoms with Gasteiger partial charge in [-0.05, 0) is 11.1 Å². The molecule has 2 rings (SSSR count). The Bertz CT molecular complexity index is 614. The minimum atomic E-state index is -0.892. The summed E-state index contributed by atoms with van der Waals surface area (Å²) in [6.45, 7) is 0.714. The fraction of sp³-hybridized carbons (Fsp3) is 0.214. The summed E-state index contributed by atoms with van der Waals surface area (Å²) in [6, 6.07) is 6.86. The maximum absolute atomic E-state index is 11.7. The Balaban J connectivity index is 1.84. The Labute approximate surface area is 125 Å². The van der Waals surface area contributed by atoms with Crippen LogP contribution in [0.1, 0.15) is 16.0 Å². The minimum Gasteiger partial charge on any atom is -0.481 e. The van der Waals surface area contributed by atoms with E-state index in [4.69, 9.17) is 5.11 Å². The number of aliphatic carboxylic acids is 1. The lowest BCUT2D eigenvalue weighted by Crippen LogP contribution is -2.34. The first kappa shape index (κ1) is 15.0. The summed E-state index contributed by atoms with van der Waals surface area (Å²) in [7, 11) is 0. The van der Waals surface area contributed by atoms with Gasteiger partial charge in [0.05, 0.1) is 18.5 Å². The average molecular weight is 305 g/mol. The van der Waals surface area contributed by atoms with Gasteiger partial charge in [0.1, 0.15) is 0 Å². The lowest BCUT2D eigenvalue weighted by molar-refractivity contribution is -0.136. The number of carboxylic acid groups (broad SMARTS) is 1. The fourth-order valence-electron chi connectivity index (χ4n) is 1.80. The molecule has 7 heteroatoms. The fourth-order valence-corrected chi connectivity index (χ4v) is 2.33. The van der Waals surface area contributed by atoms with Crippen molar-refractivity contribution in [3.05, 3.63) is 52.0 Å². The van der Waals surface area contributed by atoms with Gasteiger partial charge in [-0.25, -0.2) is 4.79 Å². The molecular weight excluding hydrogens is 290 g/mol. The van der Waals surface area contributed by atoms with Crippen LogP contribution in [0.15, 0.2) is 36.0 Å². The van der Waals surface area contributed by atoms with Crippen LogP contribution in [-0.2, 0) is 24.3 Å². The highest BCUT2D eigenvalue weighted by atomic mass is 32.1. The second kappa shape index (κ2) is 7.39. The second-order valence-corrected chi connectivity index (χ2v) is 5.31. The van der Waals surface area contributed by atoms with E-state index >= 15 is 0 Å². The molecule has 2 amide bonds. The summed E-state index contributed by atoms with van der Waals surface area (Å²) in [6.07, 6.45) is 1.65. The van der Waals surface area contributed by atoms with Gasteiger partial charge in [0.15, 0.2) is 0 Å². The van der Waals surface area contributed by atoms with Gasteiger partial charge in [0.25, 0.3) is 0 Å². The molecule has 0 unspecified atom stereocenters. The molecule has 0 saturated heterocycles. The Morgan fingerprint density at radius 2 is 1.86 bits per heavy atom. The lowest BCUT2D eigenvalue weighted by atomic mass is 10.0. The van der Waals surface area contributed by atoms with Crippen LogP contribution < -0.4 is 10.6 Å². The molecule has 0 aliphatic rings. The number of nitrogens with zero attached hydrogens (tertiary/aromatic N) is 1. The summed E-state index contributed by atoms with van der Waals surface area (Å²) >= 11 is 1.47. The second-order valence-electron chi connectivity index (χ2n) is 4.34. The van der Waals surface area contributed by atoms with Crippen molar-refractivity contribution in [3.8, 4) is 0 Å². The highest BCUT2D eigenvalue weighted by Crippen LogP contribution is 2.09. The number of hydrogen-bond acceptors (Lipinski definition) is 4. The van der Waals surface area contributed by atoms with E-state index in [9.17, 15) is 9.59 Å². The molecule has 0 radical (unpaired) electrons. The van der Waals surface area contributed by atoms with Crippen molar-refractivity contribution in [1.82, 2.24) is 15.6 Å². The van der Waals surface area contributed by atoms with E-state index in [0.29, 0.717) is 12.1 Å². The SMILES string of the molecule is O=C(O)Cc1ccccc1CNC(=O)NCc1cncs1.